The molecule has 0 aliphatic carbocycles. The molecule has 1 N–H and O–H groups in total. The molecule has 0 bridgehead atoms. The third-order valence-electron chi connectivity index (χ3n) is 4.13. The summed E-state index contributed by atoms with van der Waals surface area (Å²) in [5.41, 5.74) is 1.37. The van der Waals surface area contributed by atoms with Gasteiger partial charge in [-0.3, -0.25) is 4.79 Å². The molecular formula is C18H23N3O3. The molecule has 1 aromatic heterocycles. The van der Waals surface area contributed by atoms with Gasteiger partial charge in [-0.2, -0.15) is 5.10 Å². The summed E-state index contributed by atoms with van der Waals surface area (Å²) in [6, 6.07) is 9.27. The molecule has 1 aliphatic rings. The van der Waals surface area contributed by atoms with Crippen LogP contribution >= 0.6 is 0 Å². The fourth-order valence-electron chi connectivity index (χ4n) is 3.02. The predicted molar refractivity (Wildman–Crippen MR) is 90.0 cm³/mol. The Kier molecular flexibility index (Phi) is 4.97. The van der Waals surface area contributed by atoms with Crippen LogP contribution in [-0.2, 0) is 9.47 Å². The molecule has 1 aromatic carbocycles. The van der Waals surface area contributed by atoms with E-state index in [1.807, 2.05) is 43.5 Å². The van der Waals surface area contributed by atoms with Gasteiger partial charge in [0, 0.05) is 25.4 Å². The van der Waals surface area contributed by atoms with Crippen molar-refractivity contribution >= 4 is 5.91 Å². The maximum atomic E-state index is 12.6. The number of hydrogen-bond donors (Lipinski definition) is 1. The lowest BCUT2D eigenvalue weighted by atomic mass is 10.0. The molecule has 1 unspecified atom stereocenters. The fraction of sp³-hybridized carbons (Fsp3) is 0.444. The van der Waals surface area contributed by atoms with Crippen molar-refractivity contribution in [3.63, 3.8) is 0 Å². The monoisotopic (exact) mass is 329 g/mol. The van der Waals surface area contributed by atoms with E-state index in [0.29, 0.717) is 25.3 Å². The summed E-state index contributed by atoms with van der Waals surface area (Å²) < 4.78 is 12.9. The Hall–Kier alpha value is -2.18. The molecule has 0 spiro atoms. The van der Waals surface area contributed by atoms with E-state index < -0.39 is 5.79 Å². The second kappa shape index (κ2) is 7.15. The molecule has 24 heavy (non-hydrogen) atoms. The van der Waals surface area contributed by atoms with Crippen molar-refractivity contribution in [2.45, 2.75) is 26.1 Å². The van der Waals surface area contributed by atoms with E-state index in [1.165, 1.54) is 0 Å². The van der Waals surface area contributed by atoms with Gasteiger partial charge in [0.1, 0.15) is 0 Å². The van der Waals surface area contributed by atoms with Crippen molar-refractivity contribution in [3.8, 4) is 5.69 Å². The lowest BCUT2D eigenvalue weighted by molar-refractivity contribution is -0.153. The Morgan fingerprint density at radius 2 is 2.08 bits per heavy atom. The van der Waals surface area contributed by atoms with E-state index in [0.717, 1.165) is 12.1 Å². The number of aromatic nitrogens is 2. The molecule has 128 valence electrons. The van der Waals surface area contributed by atoms with Crippen LogP contribution in [0, 0.1) is 5.92 Å². The number of benzene rings is 1. The first-order chi connectivity index (χ1) is 11.6. The standard InChI is InChI=1S/C18H23N3O3/c1-14(12-18(2)23-10-11-24-18)13-19-17(22)15-6-3-4-7-16(15)21-9-5-8-20-21/h3-9,14H,10-13H2,1-2H3,(H,19,22). The van der Waals surface area contributed by atoms with Crippen LogP contribution in [0.2, 0.25) is 0 Å². The van der Waals surface area contributed by atoms with Gasteiger partial charge in [0.15, 0.2) is 5.79 Å². The van der Waals surface area contributed by atoms with Crippen molar-refractivity contribution in [2.75, 3.05) is 19.8 Å². The lowest BCUT2D eigenvalue weighted by Crippen LogP contribution is -2.34. The van der Waals surface area contributed by atoms with E-state index in [-0.39, 0.29) is 11.8 Å². The molecule has 1 saturated heterocycles. The summed E-state index contributed by atoms with van der Waals surface area (Å²) in [6.45, 7) is 5.86. The van der Waals surface area contributed by atoms with Crippen molar-refractivity contribution in [1.82, 2.24) is 15.1 Å². The fourth-order valence-corrected chi connectivity index (χ4v) is 3.02. The average molecular weight is 329 g/mol. The molecule has 3 rings (SSSR count). The predicted octanol–water partition coefficient (Wildman–Crippen LogP) is 2.39. The van der Waals surface area contributed by atoms with Gasteiger partial charge in [0.25, 0.3) is 5.91 Å². The van der Waals surface area contributed by atoms with Gasteiger partial charge in [-0.15, -0.1) is 0 Å². The van der Waals surface area contributed by atoms with Crippen LogP contribution in [0.1, 0.15) is 30.6 Å². The van der Waals surface area contributed by atoms with Crippen LogP contribution in [0.25, 0.3) is 5.69 Å². The van der Waals surface area contributed by atoms with E-state index in [2.05, 4.69) is 17.3 Å². The summed E-state index contributed by atoms with van der Waals surface area (Å²) in [7, 11) is 0. The quantitative estimate of drug-likeness (QED) is 0.884. The number of nitrogens with one attached hydrogen (secondary N) is 1. The number of para-hydroxylation sites is 1. The van der Waals surface area contributed by atoms with Gasteiger partial charge in [-0.05, 0) is 31.0 Å². The molecule has 6 nitrogen and oxygen atoms in total. The molecule has 2 heterocycles. The first kappa shape index (κ1) is 16.7. The average Bonchev–Trinajstić information content (AvgIpc) is 3.24. The molecule has 1 fully saturated rings. The zero-order valence-corrected chi connectivity index (χ0v) is 14.1. The number of amides is 1. The minimum Gasteiger partial charge on any atom is -0.352 e. The second-order valence-electron chi connectivity index (χ2n) is 6.32. The van der Waals surface area contributed by atoms with E-state index in [4.69, 9.17) is 9.47 Å². The van der Waals surface area contributed by atoms with Crippen molar-refractivity contribution < 1.29 is 14.3 Å². The van der Waals surface area contributed by atoms with Gasteiger partial charge in [0.05, 0.1) is 24.5 Å². The topological polar surface area (TPSA) is 65.4 Å². The number of nitrogens with zero attached hydrogens (tertiary/aromatic N) is 2. The largest absolute Gasteiger partial charge is 0.352 e. The SMILES string of the molecule is CC(CNC(=O)c1ccccc1-n1cccn1)CC1(C)OCCO1. The van der Waals surface area contributed by atoms with Crippen molar-refractivity contribution in [1.29, 1.82) is 0 Å². The molecule has 6 heteroatoms. The van der Waals surface area contributed by atoms with Crippen LogP contribution in [0.4, 0.5) is 0 Å². The summed E-state index contributed by atoms with van der Waals surface area (Å²) in [4.78, 5) is 12.6. The Morgan fingerprint density at radius 1 is 1.33 bits per heavy atom. The summed E-state index contributed by atoms with van der Waals surface area (Å²) in [6.07, 6.45) is 4.26. The molecule has 1 amide bonds. The number of hydrogen-bond acceptors (Lipinski definition) is 4. The molecule has 0 radical (unpaired) electrons. The summed E-state index contributed by atoms with van der Waals surface area (Å²) >= 11 is 0. The van der Waals surface area contributed by atoms with Gasteiger partial charge < -0.3 is 14.8 Å². The molecule has 0 saturated carbocycles. The Labute approximate surface area is 141 Å². The molecule has 1 atom stereocenters. The van der Waals surface area contributed by atoms with E-state index in [9.17, 15) is 4.79 Å². The highest BCUT2D eigenvalue weighted by Crippen LogP contribution is 2.26. The minimum absolute atomic E-state index is 0.105. The normalized spacial score (nSPS) is 17.6. The highest BCUT2D eigenvalue weighted by atomic mass is 16.7. The molecular weight excluding hydrogens is 306 g/mol. The number of ether oxygens (including phenoxy) is 2. The third-order valence-corrected chi connectivity index (χ3v) is 4.13. The first-order valence-corrected chi connectivity index (χ1v) is 8.22. The Balaban J connectivity index is 1.61. The second-order valence-corrected chi connectivity index (χ2v) is 6.32. The van der Waals surface area contributed by atoms with Crippen LogP contribution in [0.15, 0.2) is 42.7 Å². The van der Waals surface area contributed by atoms with Crippen LogP contribution in [0.3, 0.4) is 0 Å². The maximum absolute atomic E-state index is 12.6. The maximum Gasteiger partial charge on any atom is 0.253 e. The smallest absolute Gasteiger partial charge is 0.253 e. The van der Waals surface area contributed by atoms with Crippen LogP contribution < -0.4 is 5.32 Å². The first-order valence-electron chi connectivity index (χ1n) is 8.22. The highest BCUT2D eigenvalue weighted by Gasteiger charge is 2.32. The number of carbonyl (C=O) groups excluding carboxylic acids is 1. The number of carbonyl (C=O) groups is 1. The van der Waals surface area contributed by atoms with Crippen molar-refractivity contribution in [3.05, 3.63) is 48.3 Å². The summed E-state index contributed by atoms with van der Waals surface area (Å²) in [5, 5.41) is 7.21. The van der Waals surface area contributed by atoms with Crippen LogP contribution in [0.5, 0.6) is 0 Å². The van der Waals surface area contributed by atoms with Gasteiger partial charge in [-0.1, -0.05) is 19.1 Å². The van der Waals surface area contributed by atoms with Gasteiger partial charge in [0.2, 0.25) is 0 Å². The number of rotatable bonds is 6. The van der Waals surface area contributed by atoms with Crippen molar-refractivity contribution in [2.24, 2.45) is 5.92 Å². The third kappa shape index (κ3) is 3.83. The zero-order valence-electron chi connectivity index (χ0n) is 14.1. The van der Waals surface area contributed by atoms with Crippen LogP contribution in [-0.4, -0.2) is 41.2 Å². The van der Waals surface area contributed by atoms with Gasteiger partial charge in [-0.25, -0.2) is 4.68 Å². The summed E-state index contributed by atoms with van der Waals surface area (Å²) in [5.74, 6) is -0.391. The lowest BCUT2D eigenvalue weighted by Gasteiger charge is -2.26. The Bertz CT molecular complexity index is 679. The van der Waals surface area contributed by atoms with E-state index >= 15 is 0 Å². The zero-order chi connectivity index (χ0) is 17.0. The van der Waals surface area contributed by atoms with E-state index in [1.54, 1.807) is 10.9 Å². The Morgan fingerprint density at radius 3 is 2.79 bits per heavy atom. The minimum atomic E-state index is -0.531. The molecule has 2 aromatic rings. The highest BCUT2D eigenvalue weighted by molar-refractivity contribution is 5.97. The van der Waals surface area contributed by atoms with Gasteiger partial charge >= 0.3 is 0 Å². The molecule has 1 aliphatic heterocycles.